The fourth-order valence-electron chi connectivity index (χ4n) is 3.90. The lowest BCUT2D eigenvalue weighted by Gasteiger charge is -2.27. The second-order valence-electron chi connectivity index (χ2n) is 7.27. The summed E-state index contributed by atoms with van der Waals surface area (Å²) in [5.41, 5.74) is 0.224. The van der Waals surface area contributed by atoms with Gasteiger partial charge in [0.25, 0.3) is 5.91 Å². The second-order valence-corrected chi connectivity index (χ2v) is 7.27. The molecule has 2 atom stereocenters. The third-order valence-corrected chi connectivity index (χ3v) is 5.48. The molecule has 1 saturated heterocycles. The van der Waals surface area contributed by atoms with Crippen molar-refractivity contribution < 1.29 is 9.90 Å². The average molecular weight is 316 g/mol. The molecule has 1 aromatic rings. The number of amides is 1. The summed E-state index contributed by atoms with van der Waals surface area (Å²) in [6, 6.07) is 10.6. The largest absolute Gasteiger partial charge is 0.380 e. The number of rotatable bonds is 5. The fourth-order valence-corrected chi connectivity index (χ4v) is 3.90. The summed E-state index contributed by atoms with van der Waals surface area (Å²) in [6.07, 6.45) is 4.22. The number of carbonyl (C=O) groups is 1. The summed E-state index contributed by atoms with van der Waals surface area (Å²) in [6.45, 7) is 5.13. The van der Waals surface area contributed by atoms with E-state index in [4.69, 9.17) is 0 Å². The molecule has 1 heterocycles. The van der Waals surface area contributed by atoms with Crippen LogP contribution >= 0.6 is 0 Å². The molecule has 1 aliphatic carbocycles. The van der Waals surface area contributed by atoms with Gasteiger partial charge in [0.15, 0.2) is 0 Å². The average Bonchev–Trinajstić information content (AvgIpc) is 3.18. The van der Waals surface area contributed by atoms with Crippen molar-refractivity contribution in [2.45, 2.75) is 57.2 Å². The first-order chi connectivity index (χ1) is 11.1. The normalized spacial score (nSPS) is 25.4. The van der Waals surface area contributed by atoms with Crippen molar-refractivity contribution in [3.8, 4) is 0 Å². The minimum absolute atomic E-state index is 0.118. The Morgan fingerprint density at radius 3 is 2.74 bits per heavy atom. The monoisotopic (exact) mass is 316 g/mol. The molecule has 0 spiro atoms. The molecular weight excluding hydrogens is 288 g/mol. The maximum absolute atomic E-state index is 12.3. The van der Waals surface area contributed by atoms with E-state index in [2.05, 4.69) is 41.4 Å². The van der Waals surface area contributed by atoms with Gasteiger partial charge in [0.1, 0.15) is 5.60 Å². The molecule has 126 valence electrons. The standard InChI is InChI=1S/C19H28N2O2/c1-15(20-18(22)19(23)10-5-6-11-19)17-9-12-21(14-17)13-16-7-3-2-4-8-16/h2-4,7-8,15,17,23H,5-6,9-14H2,1H3,(H,20,22). The summed E-state index contributed by atoms with van der Waals surface area (Å²) in [7, 11) is 0. The summed E-state index contributed by atoms with van der Waals surface area (Å²) < 4.78 is 0. The van der Waals surface area contributed by atoms with E-state index in [1.54, 1.807) is 0 Å². The van der Waals surface area contributed by atoms with E-state index >= 15 is 0 Å². The summed E-state index contributed by atoms with van der Waals surface area (Å²) in [4.78, 5) is 14.8. The lowest BCUT2D eigenvalue weighted by atomic mass is 9.97. The molecule has 4 nitrogen and oxygen atoms in total. The van der Waals surface area contributed by atoms with E-state index in [0.717, 1.165) is 38.9 Å². The third kappa shape index (κ3) is 3.93. The first-order valence-electron chi connectivity index (χ1n) is 8.86. The molecule has 2 N–H and O–H groups in total. The first kappa shape index (κ1) is 16.5. The van der Waals surface area contributed by atoms with Crippen LogP contribution in [0.25, 0.3) is 0 Å². The lowest BCUT2D eigenvalue weighted by Crippen LogP contribution is -2.50. The predicted molar refractivity (Wildman–Crippen MR) is 90.8 cm³/mol. The van der Waals surface area contributed by atoms with Gasteiger partial charge in [-0.05, 0) is 57.1 Å². The van der Waals surface area contributed by atoms with Gasteiger partial charge in [-0.1, -0.05) is 30.3 Å². The molecule has 2 fully saturated rings. The SMILES string of the molecule is CC(NC(=O)C1(O)CCCC1)C1CCN(Cc2ccccc2)C1. The number of nitrogens with zero attached hydrogens (tertiary/aromatic N) is 1. The zero-order valence-corrected chi connectivity index (χ0v) is 14.0. The summed E-state index contributed by atoms with van der Waals surface area (Å²) in [5.74, 6) is 0.302. The Morgan fingerprint density at radius 1 is 1.35 bits per heavy atom. The number of benzene rings is 1. The van der Waals surface area contributed by atoms with Crippen LogP contribution in [0.1, 0.15) is 44.6 Å². The van der Waals surface area contributed by atoms with E-state index < -0.39 is 5.60 Å². The Morgan fingerprint density at radius 2 is 2.04 bits per heavy atom. The van der Waals surface area contributed by atoms with E-state index in [-0.39, 0.29) is 11.9 Å². The third-order valence-electron chi connectivity index (χ3n) is 5.48. The molecule has 0 bridgehead atoms. The molecule has 2 unspecified atom stereocenters. The van der Waals surface area contributed by atoms with Crippen molar-refractivity contribution in [3.05, 3.63) is 35.9 Å². The van der Waals surface area contributed by atoms with Gasteiger partial charge in [-0.25, -0.2) is 0 Å². The van der Waals surface area contributed by atoms with Gasteiger partial charge in [0.2, 0.25) is 0 Å². The fraction of sp³-hybridized carbons (Fsp3) is 0.632. The highest BCUT2D eigenvalue weighted by molar-refractivity contribution is 5.85. The highest BCUT2D eigenvalue weighted by Crippen LogP contribution is 2.30. The number of carbonyl (C=O) groups excluding carboxylic acids is 1. The summed E-state index contributed by atoms with van der Waals surface area (Å²) >= 11 is 0. The van der Waals surface area contributed by atoms with Crippen LogP contribution in [0, 0.1) is 5.92 Å². The van der Waals surface area contributed by atoms with Gasteiger partial charge in [0, 0.05) is 19.1 Å². The zero-order chi connectivity index (χ0) is 16.3. The van der Waals surface area contributed by atoms with Crippen molar-refractivity contribution in [2.75, 3.05) is 13.1 Å². The molecule has 1 aliphatic heterocycles. The van der Waals surface area contributed by atoms with E-state index in [0.29, 0.717) is 18.8 Å². The second kappa shape index (κ2) is 7.02. The van der Waals surface area contributed by atoms with Crippen LogP contribution in [0.2, 0.25) is 0 Å². The Hall–Kier alpha value is -1.39. The minimum atomic E-state index is -1.11. The van der Waals surface area contributed by atoms with Crippen molar-refractivity contribution >= 4 is 5.91 Å². The van der Waals surface area contributed by atoms with E-state index in [1.165, 1.54) is 5.56 Å². The van der Waals surface area contributed by atoms with Gasteiger partial charge in [-0.15, -0.1) is 0 Å². The van der Waals surface area contributed by atoms with Crippen LogP contribution < -0.4 is 5.32 Å². The molecule has 0 radical (unpaired) electrons. The molecule has 1 saturated carbocycles. The van der Waals surface area contributed by atoms with Gasteiger partial charge in [-0.2, -0.15) is 0 Å². The van der Waals surface area contributed by atoms with E-state index in [9.17, 15) is 9.90 Å². The molecule has 0 aromatic heterocycles. The van der Waals surface area contributed by atoms with Crippen LogP contribution in [0.4, 0.5) is 0 Å². The van der Waals surface area contributed by atoms with E-state index in [1.807, 2.05) is 6.07 Å². The molecular formula is C19H28N2O2. The number of nitrogens with one attached hydrogen (secondary N) is 1. The maximum Gasteiger partial charge on any atom is 0.252 e. The highest BCUT2D eigenvalue weighted by Gasteiger charge is 2.40. The molecule has 1 amide bonds. The van der Waals surface area contributed by atoms with Crippen molar-refractivity contribution in [3.63, 3.8) is 0 Å². The number of likely N-dealkylation sites (tertiary alicyclic amines) is 1. The molecule has 3 rings (SSSR count). The first-order valence-corrected chi connectivity index (χ1v) is 8.86. The number of hydrogen-bond donors (Lipinski definition) is 2. The van der Waals surface area contributed by atoms with Gasteiger partial charge in [-0.3, -0.25) is 9.69 Å². The van der Waals surface area contributed by atoms with Crippen LogP contribution in [0.3, 0.4) is 0 Å². The topological polar surface area (TPSA) is 52.6 Å². The Bertz CT molecular complexity index is 525. The predicted octanol–water partition coefficient (Wildman–Crippen LogP) is 2.32. The Labute approximate surface area is 138 Å². The van der Waals surface area contributed by atoms with Crippen LogP contribution in [0.5, 0.6) is 0 Å². The Kier molecular flexibility index (Phi) is 5.02. The van der Waals surface area contributed by atoms with Crippen LogP contribution in [0.15, 0.2) is 30.3 Å². The van der Waals surface area contributed by atoms with Gasteiger partial charge >= 0.3 is 0 Å². The molecule has 23 heavy (non-hydrogen) atoms. The molecule has 1 aromatic carbocycles. The molecule has 2 aliphatic rings. The van der Waals surface area contributed by atoms with Gasteiger partial charge < -0.3 is 10.4 Å². The highest BCUT2D eigenvalue weighted by atomic mass is 16.3. The lowest BCUT2D eigenvalue weighted by molar-refractivity contribution is -0.140. The van der Waals surface area contributed by atoms with Crippen molar-refractivity contribution in [1.82, 2.24) is 10.2 Å². The van der Waals surface area contributed by atoms with Gasteiger partial charge in [0.05, 0.1) is 0 Å². The number of aliphatic hydroxyl groups is 1. The quantitative estimate of drug-likeness (QED) is 0.876. The Balaban J connectivity index is 1.49. The minimum Gasteiger partial charge on any atom is -0.380 e. The number of hydrogen-bond acceptors (Lipinski definition) is 3. The van der Waals surface area contributed by atoms with Crippen LogP contribution in [-0.2, 0) is 11.3 Å². The van der Waals surface area contributed by atoms with Crippen molar-refractivity contribution in [2.24, 2.45) is 5.92 Å². The molecule has 4 heteroatoms. The summed E-state index contributed by atoms with van der Waals surface area (Å²) in [5, 5.41) is 13.4. The smallest absolute Gasteiger partial charge is 0.252 e. The van der Waals surface area contributed by atoms with Crippen LogP contribution in [-0.4, -0.2) is 40.6 Å². The van der Waals surface area contributed by atoms with Crippen molar-refractivity contribution in [1.29, 1.82) is 0 Å². The zero-order valence-electron chi connectivity index (χ0n) is 14.0. The maximum atomic E-state index is 12.3.